The van der Waals surface area contributed by atoms with Gasteiger partial charge in [0.25, 0.3) is 0 Å². The number of unbranched alkanes of at least 4 members (excludes halogenated alkanes) is 1. The Kier molecular flexibility index (Phi) is 9.16. The minimum absolute atomic E-state index is 0.0456. The molecule has 0 saturated carbocycles. The number of aliphatic hydroxyl groups is 1. The van der Waals surface area contributed by atoms with Crippen LogP contribution in [0.1, 0.15) is 48.8 Å². The first-order chi connectivity index (χ1) is 19.9. The molecule has 0 unspecified atom stereocenters. The molecule has 1 fully saturated rings. The number of amides is 1. The van der Waals surface area contributed by atoms with E-state index in [0.29, 0.717) is 67.6 Å². The molecule has 5 rings (SSSR count). The van der Waals surface area contributed by atoms with Crippen LogP contribution < -0.4 is 24.7 Å². The lowest BCUT2D eigenvalue weighted by atomic mass is 9.82. The molecule has 222 valence electrons. The number of aryl methyl sites for hydroxylation is 1. The van der Waals surface area contributed by atoms with Gasteiger partial charge in [0.1, 0.15) is 0 Å². The van der Waals surface area contributed by atoms with E-state index in [1.807, 2.05) is 29.2 Å². The van der Waals surface area contributed by atoms with E-state index >= 15 is 0 Å². The maximum absolute atomic E-state index is 13.5. The number of para-hydroxylation sites is 1. The zero-order valence-corrected chi connectivity index (χ0v) is 23.4. The van der Waals surface area contributed by atoms with Gasteiger partial charge in [-0.15, -0.1) is 0 Å². The van der Waals surface area contributed by atoms with Crippen molar-refractivity contribution in [1.29, 1.82) is 0 Å². The maximum Gasteiger partial charge on any atom is 0.308 e. The van der Waals surface area contributed by atoms with Crippen molar-refractivity contribution in [1.82, 2.24) is 9.80 Å². The second kappa shape index (κ2) is 13.0. The van der Waals surface area contributed by atoms with Gasteiger partial charge < -0.3 is 39.8 Å². The van der Waals surface area contributed by atoms with Crippen LogP contribution >= 0.6 is 0 Å². The van der Waals surface area contributed by atoms with Crippen molar-refractivity contribution < 1.29 is 38.7 Å². The predicted molar refractivity (Wildman–Crippen MR) is 149 cm³/mol. The third kappa shape index (κ3) is 6.07. The molecule has 1 amide bonds. The van der Waals surface area contributed by atoms with Crippen LogP contribution in [0.3, 0.4) is 0 Å². The van der Waals surface area contributed by atoms with Crippen LogP contribution in [0.5, 0.6) is 23.0 Å². The number of hydrogen-bond acceptors (Lipinski definition) is 9. The summed E-state index contributed by atoms with van der Waals surface area (Å²) in [7, 11) is 0. The topological polar surface area (TPSA) is 144 Å². The van der Waals surface area contributed by atoms with Crippen LogP contribution in [0.2, 0.25) is 0 Å². The Bertz CT molecular complexity index is 1250. The number of aliphatic carboxylic acids is 1. The summed E-state index contributed by atoms with van der Waals surface area (Å²) in [5.74, 6) is 0.142. The summed E-state index contributed by atoms with van der Waals surface area (Å²) >= 11 is 0. The summed E-state index contributed by atoms with van der Waals surface area (Å²) in [5, 5.41) is 20.6. The van der Waals surface area contributed by atoms with Crippen molar-refractivity contribution in [3.05, 3.63) is 47.0 Å². The second-order valence-corrected chi connectivity index (χ2v) is 10.8. The zero-order chi connectivity index (χ0) is 28.9. The van der Waals surface area contributed by atoms with Gasteiger partial charge in [0, 0.05) is 43.7 Å². The first-order valence-electron chi connectivity index (χ1n) is 14.3. The van der Waals surface area contributed by atoms with Crippen molar-refractivity contribution in [3.63, 3.8) is 0 Å². The molecule has 3 heterocycles. The van der Waals surface area contributed by atoms with Crippen LogP contribution in [0.15, 0.2) is 30.3 Å². The number of carboxylic acids is 1. The first-order valence-corrected chi connectivity index (χ1v) is 14.3. The molecule has 2 aromatic rings. The number of ether oxygens (including phenoxy) is 4. The normalized spacial score (nSPS) is 20.9. The van der Waals surface area contributed by atoms with E-state index < -0.39 is 23.8 Å². The molecular weight excluding hydrogens is 530 g/mol. The van der Waals surface area contributed by atoms with Crippen molar-refractivity contribution in [2.24, 2.45) is 11.7 Å². The van der Waals surface area contributed by atoms with Gasteiger partial charge in [0.2, 0.25) is 19.5 Å². The minimum Gasteiger partial charge on any atom is -0.481 e. The molecular formula is C30H39N3O8. The molecule has 2 aromatic carbocycles. The van der Waals surface area contributed by atoms with Crippen molar-refractivity contribution in [2.45, 2.75) is 51.2 Å². The fourth-order valence-electron chi connectivity index (χ4n) is 6.26. The summed E-state index contributed by atoms with van der Waals surface area (Å²) in [4.78, 5) is 30.2. The second-order valence-electron chi connectivity index (χ2n) is 10.8. The highest BCUT2D eigenvalue weighted by Crippen LogP contribution is 2.45. The van der Waals surface area contributed by atoms with Crippen LogP contribution in [0, 0.1) is 5.92 Å². The molecule has 0 radical (unpaired) electrons. The summed E-state index contributed by atoms with van der Waals surface area (Å²) in [6.07, 6.45) is 2.89. The number of benzene rings is 2. The third-order valence-electron chi connectivity index (χ3n) is 8.26. The van der Waals surface area contributed by atoms with Crippen molar-refractivity contribution >= 4 is 11.9 Å². The lowest BCUT2D eigenvalue weighted by Crippen LogP contribution is -2.45. The summed E-state index contributed by atoms with van der Waals surface area (Å²) in [5.41, 5.74) is 8.05. The Balaban J connectivity index is 1.45. The molecule has 4 N–H and O–H groups in total. The lowest BCUT2D eigenvalue weighted by molar-refractivity contribution is -0.143. The van der Waals surface area contributed by atoms with Crippen LogP contribution in [0.4, 0.5) is 0 Å². The maximum atomic E-state index is 13.5. The van der Waals surface area contributed by atoms with Gasteiger partial charge in [-0.1, -0.05) is 25.5 Å². The van der Waals surface area contributed by atoms with Gasteiger partial charge in [0.05, 0.1) is 19.1 Å². The number of likely N-dealkylation sites (tertiary alicyclic amines) is 1. The smallest absolute Gasteiger partial charge is 0.308 e. The van der Waals surface area contributed by atoms with Gasteiger partial charge in [-0.05, 0) is 48.6 Å². The highest BCUT2D eigenvalue weighted by molar-refractivity contribution is 5.79. The molecule has 3 atom stereocenters. The Morgan fingerprint density at radius 3 is 2.51 bits per heavy atom. The fraction of sp³-hybridized carbons (Fsp3) is 0.533. The number of hydrogen-bond donors (Lipinski definition) is 3. The Labute approximate surface area is 239 Å². The van der Waals surface area contributed by atoms with E-state index in [9.17, 15) is 19.8 Å². The Morgan fingerprint density at radius 2 is 1.80 bits per heavy atom. The van der Waals surface area contributed by atoms with Crippen molar-refractivity contribution in [3.8, 4) is 23.0 Å². The molecule has 0 spiro atoms. The number of nitrogens with two attached hydrogens (primary N) is 1. The van der Waals surface area contributed by atoms with E-state index in [-0.39, 0.29) is 32.6 Å². The van der Waals surface area contributed by atoms with E-state index in [1.165, 1.54) is 0 Å². The molecule has 3 aliphatic rings. The van der Waals surface area contributed by atoms with Crippen molar-refractivity contribution in [2.75, 3.05) is 46.3 Å². The molecule has 0 bridgehead atoms. The lowest BCUT2D eigenvalue weighted by Gasteiger charge is -2.29. The number of nitrogens with zero attached hydrogens (tertiary/aromatic N) is 2. The van der Waals surface area contributed by atoms with Crippen LogP contribution in [0.25, 0.3) is 0 Å². The molecule has 1 saturated heterocycles. The largest absolute Gasteiger partial charge is 0.481 e. The summed E-state index contributed by atoms with van der Waals surface area (Å²) < 4.78 is 22.3. The first kappa shape index (κ1) is 29.0. The van der Waals surface area contributed by atoms with E-state index in [4.69, 9.17) is 24.7 Å². The van der Waals surface area contributed by atoms with E-state index in [0.717, 1.165) is 24.0 Å². The monoisotopic (exact) mass is 569 g/mol. The Morgan fingerprint density at radius 1 is 1.05 bits per heavy atom. The quantitative estimate of drug-likeness (QED) is 0.329. The highest BCUT2D eigenvalue weighted by Gasteiger charge is 2.47. The van der Waals surface area contributed by atoms with Gasteiger partial charge in [-0.3, -0.25) is 14.5 Å². The number of fused-ring (bicyclic) bond motifs is 2. The molecule has 11 heteroatoms. The molecule has 11 nitrogen and oxygen atoms in total. The average Bonchev–Trinajstić information content (AvgIpc) is 3.72. The SMILES string of the molecule is CCCCN(CCN)C(=O)CN1C[C@H](c2cc(CO)c3c(c2)OCO3)[C@@H](C(=O)O)[C@@H]1CCc1cccc2c1OCO2. The van der Waals surface area contributed by atoms with Gasteiger partial charge in [-0.2, -0.15) is 0 Å². The van der Waals surface area contributed by atoms with Gasteiger partial charge in [0.15, 0.2) is 23.0 Å². The van der Waals surface area contributed by atoms with Gasteiger partial charge in [-0.25, -0.2) is 0 Å². The average molecular weight is 570 g/mol. The van der Waals surface area contributed by atoms with E-state index in [1.54, 1.807) is 11.0 Å². The van der Waals surface area contributed by atoms with Gasteiger partial charge >= 0.3 is 5.97 Å². The minimum atomic E-state index is -0.930. The number of carbonyl (C=O) groups is 2. The van der Waals surface area contributed by atoms with Crippen LogP contribution in [-0.4, -0.2) is 84.2 Å². The predicted octanol–water partition coefficient (Wildman–Crippen LogP) is 2.33. The Hall–Kier alpha value is -3.54. The molecule has 41 heavy (non-hydrogen) atoms. The number of rotatable bonds is 13. The third-order valence-corrected chi connectivity index (χ3v) is 8.26. The molecule has 0 aromatic heterocycles. The molecule has 3 aliphatic heterocycles. The van der Waals surface area contributed by atoms with E-state index in [2.05, 4.69) is 6.92 Å². The standard InChI is InChI=1S/C30H39N3O8/c1-2-3-10-32(11-9-31)26(35)15-33-14-22(20-12-21(16-34)29-25(13-20)39-18-41-29)27(30(36)37)23(33)8-7-19-5-4-6-24-28(19)40-17-38-24/h4-6,12-13,22-23,27,34H,2-3,7-11,14-18,31H2,1H3,(H,36,37)/t22-,23+,27-/m1/s1. The number of carboxylic acid groups (broad SMARTS) is 1. The number of carbonyl (C=O) groups excluding carboxylic acids is 1. The molecule has 0 aliphatic carbocycles. The summed E-state index contributed by atoms with van der Waals surface area (Å²) in [6.45, 7) is 3.92. The van der Waals surface area contributed by atoms with Crippen LogP contribution in [-0.2, 0) is 22.6 Å². The highest BCUT2D eigenvalue weighted by atomic mass is 16.7. The fourth-order valence-corrected chi connectivity index (χ4v) is 6.26. The summed E-state index contributed by atoms with van der Waals surface area (Å²) in [6, 6.07) is 8.90. The zero-order valence-electron chi connectivity index (χ0n) is 23.4. The number of aliphatic hydroxyl groups excluding tert-OH is 1.